The molecule has 1 unspecified atom stereocenters. The van der Waals surface area contributed by atoms with Gasteiger partial charge in [-0.1, -0.05) is 25.1 Å². The lowest BCUT2D eigenvalue weighted by atomic mass is 10.0. The second-order valence-corrected chi connectivity index (χ2v) is 4.42. The molecule has 1 aromatic carbocycles. The minimum Gasteiger partial charge on any atom is -0.481 e. The van der Waals surface area contributed by atoms with Gasteiger partial charge in [-0.2, -0.15) is 0 Å². The van der Waals surface area contributed by atoms with Gasteiger partial charge in [-0.3, -0.25) is 4.79 Å². The van der Waals surface area contributed by atoms with Gasteiger partial charge in [0.15, 0.2) is 0 Å². The number of carboxylic acids is 1. The SMILES string of the molecule is Cc1c(CCC(C)C(=O)O)oc2ccccc12. The first-order valence-corrected chi connectivity index (χ1v) is 5.79. The molecule has 0 radical (unpaired) electrons. The van der Waals surface area contributed by atoms with E-state index in [4.69, 9.17) is 9.52 Å². The molecule has 17 heavy (non-hydrogen) atoms. The van der Waals surface area contributed by atoms with Crippen LogP contribution in [0.4, 0.5) is 0 Å². The molecule has 1 N–H and O–H groups in total. The molecular formula is C14H16O3. The maximum Gasteiger partial charge on any atom is 0.306 e. The second kappa shape index (κ2) is 4.62. The van der Waals surface area contributed by atoms with Crippen molar-refractivity contribution in [2.75, 3.05) is 0 Å². The van der Waals surface area contributed by atoms with Crippen LogP contribution in [0.3, 0.4) is 0 Å². The van der Waals surface area contributed by atoms with Crippen molar-refractivity contribution in [2.45, 2.75) is 26.7 Å². The predicted octanol–water partition coefficient (Wildman–Crippen LogP) is 3.39. The Morgan fingerprint density at radius 3 is 2.76 bits per heavy atom. The third kappa shape index (κ3) is 2.33. The summed E-state index contributed by atoms with van der Waals surface area (Å²) in [5, 5.41) is 9.95. The number of aryl methyl sites for hydroxylation is 2. The molecule has 0 aliphatic heterocycles. The van der Waals surface area contributed by atoms with Crippen LogP contribution in [-0.2, 0) is 11.2 Å². The fraction of sp³-hybridized carbons (Fsp3) is 0.357. The van der Waals surface area contributed by atoms with Gasteiger partial charge < -0.3 is 9.52 Å². The van der Waals surface area contributed by atoms with Crippen LogP contribution in [0.15, 0.2) is 28.7 Å². The Morgan fingerprint density at radius 1 is 1.41 bits per heavy atom. The third-order valence-electron chi connectivity index (χ3n) is 3.17. The van der Waals surface area contributed by atoms with Crippen LogP contribution < -0.4 is 0 Å². The average molecular weight is 232 g/mol. The number of hydrogen-bond acceptors (Lipinski definition) is 2. The summed E-state index contributed by atoms with van der Waals surface area (Å²) in [5.74, 6) is -0.180. The van der Waals surface area contributed by atoms with Crippen molar-refractivity contribution in [2.24, 2.45) is 5.92 Å². The standard InChI is InChI=1S/C14H16O3/c1-9(14(15)16)7-8-12-10(2)11-5-3-4-6-13(11)17-12/h3-6,9H,7-8H2,1-2H3,(H,15,16). The fourth-order valence-corrected chi connectivity index (χ4v) is 1.93. The lowest BCUT2D eigenvalue weighted by Gasteiger charge is -2.04. The zero-order valence-electron chi connectivity index (χ0n) is 10.1. The molecule has 90 valence electrons. The number of fused-ring (bicyclic) bond motifs is 1. The predicted molar refractivity (Wildman–Crippen MR) is 66.1 cm³/mol. The number of carboxylic acid groups (broad SMARTS) is 1. The van der Waals surface area contributed by atoms with Crippen LogP contribution in [0, 0.1) is 12.8 Å². The highest BCUT2D eigenvalue weighted by molar-refractivity contribution is 5.81. The Morgan fingerprint density at radius 2 is 2.12 bits per heavy atom. The normalized spacial score (nSPS) is 12.8. The first kappa shape index (κ1) is 11.7. The van der Waals surface area contributed by atoms with Gasteiger partial charge in [0.1, 0.15) is 11.3 Å². The minimum absolute atomic E-state index is 0.331. The van der Waals surface area contributed by atoms with Crippen LogP contribution in [0.25, 0.3) is 11.0 Å². The van der Waals surface area contributed by atoms with Gasteiger partial charge in [-0.05, 0) is 25.0 Å². The molecule has 0 spiro atoms. The van der Waals surface area contributed by atoms with E-state index in [1.54, 1.807) is 6.92 Å². The van der Waals surface area contributed by atoms with Crippen LogP contribution in [-0.4, -0.2) is 11.1 Å². The summed E-state index contributed by atoms with van der Waals surface area (Å²) in [5.41, 5.74) is 2.00. The van der Waals surface area contributed by atoms with Crippen molar-refractivity contribution in [3.63, 3.8) is 0 Å². The van der Waals surface area contributed by atoms with E-state index in [1.165, 1.54) is 0 Å². The zero-order valence-corrected chi connectivity index (χ0v) is 10.1. The van der Waals surface area contributed by atoms with Gasteiger partial charge in [0.2, 0.25) is 0 Å². The maximum atomic E-state index is 10.7. The molecule has 3 heteroatoms. The second-order valence-electron chi connectivity index (χ2n) is 4.42. The molecule has 0 fully saturated rings. The van der Waals surface area contributed by atoms with E-state index in [1.807, 2.05) is 31.2 Å². The maximum absolute atomic E-state index is 10.7. The number of para-hydroxylation sites is 1. The van der Waals surface area contributed by atoms with Crippen molar-refractivity contribution in [3.05, 3.63) is 35.6 Å². The molecule has 0 saturated carbocycles. The summed E-state index contributed by atoms with van der Waals surface area (Å²) in [4.78, 5) is 10.7. The van der Waals surface area contributed by atoms with Crippen LogP contribution in [0.5, 0.6) is 0 Å². The quantitative estimate of drug-likeness (QED) is 0.879. The van der Waals surface area contributed by atoms with Crippen LogP contribution >= 0.6 is 0 Å². The monoisotopic (exact) mass is 232 g/mol. The Labute approximate surface area is 100 Å². The number of benzene rings is 1. The highest BCUT2D eigenvalue weighted by Gasteiger charge is 2.14. The highest BCUT2D eigenvalue weighted by atomic mass is 16.4. The number of furan rings is 1. The van der Waals surface area contributed by atoms with E-state index in [-0.39, 0.29) is 5.92 Å². The lowest BCUT2D eigenvalue weighted by molar-refractivity contribution is -0.141. The van der Waals surface area contributed by atoms with Crippen molar-refractivity contribution < 1.29 is 14.3 Å². The van der Waals surface area contributed by atoms with E-state index in [2.05, 4.69) is 0 Å². The van der Waals surface area contributed by atoms with Gasteiger partial charge in [-0.25, -0.2) is 0 Å². The zero-order chi connectivity index (χ0) is 12.4. The van der Waals surface area contributed by atoms with Crippen molar-refractivity contribution in [1.29, 1.82) is 0 Å². The molecule has 0 aliphatic carbocycles. The molecular weight excluding hydrogens is 216 g/mol. The summed E-state index contributed by atoms with van der Waals surface area (Å²) in [7, 11) is 0. The Balaban J connectivity index is 2.19. The van der Waals surface area contributed by atoms with Gasteiger partial charge in [0.05, 0.1) is 5.92 Å². The van der Waals surface area contributed by atoms with Gasteiger partial charge >= 0.3 is 5.97 Å². The first-order valence-electron chi connectivity index (χ1n) is 5.79. The van der Waals surface area contributed by atoms with Crippen molar-refractivity contribution >= 4 is 16.9 Å². The minimum atomic E-state index is -0.751. The Hall–Kier alpha value is -1.77. The summed E-state index contributed by atoms with van der Waals surface area (Å²) < 4.78 is 5.74. The Bertz CT molecular complexity index is 539. The molecule has 0 bridgehead atoms. The third-order valence-corrected chi connectivity index (χ3v) is 3.17. The molecule has 1 aromatic heterocycles. The molecule has 1 heterocycles. The van der Waals surface area contributed by atoms with E-state index in [9.17, 15) is 4.79 Å². The average Bonchev–Trinajstić information content (AvgIpc) is 2.64. The lowest BCUT2D eigenvalue weighted by Crippen LogP contribution is -2.10. The van der Waals surface area contributed by atoms with Gasteiger partial charge in [0, 0.05) is 11.8 Å². The molecule has 2 aromatic rings. The molecule has 0 aliphatic rings. The molecule has 2 rings (SSSR count). The van der Waals surface area contributed by atoms with Crippen molar-refractivity contribution in [3.8, 4) is 0 Å². The summed E-state index contributed by atoms with van der Waals surface area (Å²) in [6, 6.07) is 7.88. The number of carbonyl (C=O) groups is 1. The topological polar surface area (TPSA) is 50.4 Å². The van der Waals surface area contributed by atoms with E-state index >= 15 is 0 Å². The number of aliphatic carboxylic acids is 1. The summed E-state index contributed by atoms with van der Waals surface area (Å²) in [6.07, 6.45) is 1.28. The number of rotatable bonds is 4. The molecule has 1 atom stereocenters. The molecule has 3 nitrogen and oxygen atoms in total. The summed E-state index contributed by atoms with van der Waals surface area (Å²) >= 11 is 0. The van der Waals surface area contributed by atoms with Crippen LogP contribution in [0.1, 0.15) is 24.7 Å². The van der Waals surface area contributed by atoms with Gasteiger partial charge in [0.25, 0.3) is 0 Å². The van der Waals surface area contributed by atoms with Crippen LogP contribution in [0.2, 0.25) is 0 Å². The fourth-order valence-electron chi connectivity index (χ4n) is 1.93. The Kier molecular flexibility index (Phi) is 3.18. The molecule has 0 amide bonds. The number of hydrogen-bond donors (Lipinski definition) is 1. The van der Waals surface area contributed by atoms with Gasteiger partial charge in [-0.15, -0.1) is 0 Å². The highest BCUT2D eigenvalue weighted by Crippen LogP contribution is 2.26. The van der Waals surface area contributed by atoms with E-state index in [0.717, 1.165) is 22.3 Å². The summed E-state index contributed by atoms with van der Waals surface area (Å²) in [6.45, 7) is 3.74. The van der Waals surface area contributed by atoms with E-state index in [0.29, 0.717) is 12.8 Å². The molecule has 0 saturated heterocycles. The van der Waals surface area contributed by atoms with Crippen molar-refractivity contribution in [1.82, 2.24) is 0 Å². The van der Waals surface area contributed by atoms with E-state index < -0.39 is 5.97 Å². The smallest absolute Gasteiger partial charge is 0.306 e. The first-order chi connectivity index (χ1) is 8.09. The largest absolute Gasteiger partial charge is 0.481 e.